The third-order valence-corrected chi connectivity index (χ3v) is 3.62. The zero-order valence-electron chi connectivity index (χ0n) is 15.9. The van der Waals surface area contributed by atoms with Crippen LogP contribution in [0.15, 0.2) is 0 Å². The average molecular weight is 329 g/mol. The summed E-state index contributed by atoms with van der Waals surface area (Å²) in [6, 6.07) is -0.651. The molecule has 0 rings (SSSR count). The first-order chi connectivity index (χ1) is 10.6. The van der Waals surface area contributed by atoms with Crippen LogP contribution in [0.5, 0.6) is 0 Å². The molecule has 0 saturated carbocycles. The van der Waals surface area contributed by atoms with E-state index >= 15 is 0 Å². The van der Waals surface area contributed by atoms with Gasteiger partial charge in [-0.25, -0.2) is 9.59 Å². The van der Waals surface area contributed by atoms with E-state index in [9.17, 15) is 9.59 Å². The van der Waals surface area contributed by atoms with E-state index in [0.29, 0.717) is 24.9 Å². The first kappa shape index (κ1) is 21.7. The molecule has 23 heavy (non-hydrogen) atoms. The van der Waals surface area contributed by atoms with Crippen molar-refractivity contribution in [1.82, 2.24) is 5.32 Å². The van der Waals surface area contributed by atoms with Crippen molar-refractivity contribution in [2.24, 2.45) is 11.8 Å². The second kappa shape index (κ2) is 10.5. The minimum atomic E-state index is -0.651. The third-order valence-electron chi connectivity index (χ3n) is 3.62. The van der Waals surface area contributed by atoms with E-state index in [0.717, 1.165) is 19.3 Å². The van der Waals surface area contributed by atoms with Gasteiger partial charge in [-0.05, 0) is 45.4 Å². The van der Waals surface area contributed by atoms with Gasteiger partial charge in [0.1, 0.15) is 11.6 Å². The standard InChI is InChI=1S/C18H35NO4/c1-8-14(9-2)12-22-16(20)15(11-10-13(3)4)19-17(21)23-18(5,6)7/h13-15H,8-12H2,1-7H3,(H,19,21)/t15-/m0/s1. The molecule has 0 aliphatic rings. The van der Waals surface area contributed by atoms with Crippen LogP contribution >= 0.6 is 0 Å². The highest BCUT2D eigenvalue weighted by Gasteiger charge is 2.26. The minimum Gasteiger partial charge on any atom is -0.464 e. The van der Waals surface area contributed by atoms with Crippen molar-refractivity contribution in [3.63, 3.8) is 0 Å². The number of alkyl carbamates (subject to hydrolysis) is 1. The summed E-state index contributed by atoms with van der Waals surface area (Å²) in [6.45, 7) is 14.1. The molecular weight excluding hydrogens is 294 g/mol. The Morgan fingerprint density at radius 3 is 2.04 bits per heavy atom. The summed E-state index contributed by atoms with van der Waals surface area (Å²) >= 11 is 0. The van der Waals surface area contributed by atoms with Crippen molar-refractivity contribution in [3.05, 3.63) is 0 Å². The Morgan fingerprint density at radius 1 is 1.04 bits per heavy atom. The van der Waals surface area contributed by atoms with Gasteiger partial charge in [-0.15, -0.1) is 0 Å². The minimum absolute atomic E-state index is 0.367. The van der Waals surface area contributed by atoms with Gasteiger partial charge in [0, 0.05) is 0 Å². The van der Waals surface area contributed by atoms with Gasteiger partial charge in [0.05, 0.1) is 6.61 Å². The van der Waals surface area contributed by atoms with E-state index in [-0.39, 0.29) is 5.97 Å². The van der Waals surface area contributed by atoms with Gasteiger partial charge in [0.25, 0.3) is 0 Å². The predicted molar refractivity (Wildman–Crippen MR) is 92.3 cm³/mol. The molecule has 1 atom stereocenters. The molecule has 5 heteroatoms. The number of carbonyl (C=O) groups excluding carboxylic acids is 2. The monoisotopic (exact) mass is 329 g/mol. The summed E-state index contributed by atoms with van der Waals surface area (Å²) in [7, 11) is 0. The molecule has 1 amide bonds. The Labute approximate surface area is 141 Å². The number of esters is 1. The molecule has 5 nitrogen and oxygen atoms in total. The lowest BCUT2D eigenvalue weighted by Gasteiger charge is -2.24. The van der Waals surface area contributed by atoms with Gasteiger partial charge in [-0.2, -0.15) is 0 Å². The van der Waals surface area contributed by atoms with Crippen LogP contribution in [0, 0.1) is 11.8 Å². The molecule has 0 spiro atoms. The molecule has 0 radical (unpaired) electrons. The molecule has 0 unspecified atom stereocenters. The number of ether oxygens (including phenoxy) is 2. The average Bonchev–Trinajstić information content (AvgIpc) is 2.42. The zero-order valence-corrected chi connectivity index (χ0v) is 15.9. The number of hydrogen-bond acceptors (Lipinski definition) is 4. The molecule has 136 valence electrons. The van der Waals surface area contributed by atoms with Gasteiger partial charge in [-0.3, -0.25) is 0 Å². The van der Waals surface area contributed by atoms with Gasteiger partial charge in [0.15, 0.2) is 0 Å². The second-order valence-corrected chi connectivity index (χ2v) is 7.48. The molecule has 1 N–H and O–H groups in total. The van der Waals surface area contributed by atoms with Crippen molar-refractivity contribution in [1.29, 1.82) is 0 Å². The Kier molecular flexibility index (Phi) is 9.93. The van der Waals surface area contributed by atoms with Crippen LogP contribution < -0.4 is 5.32 Å². The first-order valence-corrected chi connectivity index (χ1v) is 8.75. The van der Waals surface area contributed by atoms with E-state index in [1.807, 2.05) is 0 Å². The number of amides is 1. The number of hydrogen-bond donors (Lipinski definition) is 1. The molecule has 0 aliphatic heterocycles. The highest BCUT2D eigenvalue weighted by molar-refractivity contribution is 5.81. The van der Waals surface area contributed by atoms with Crippen LogP contribution in [-0.2, 0) is 14.3 Å². The fourth-order valence-corrected chi connectivity index (χ4v) is 2.02. The quantitative estimate of drug-likeness (QED) is 0.641. The Hall–Kier alpha value is -1.26. The van der Waals surface area contributed by atoms with Gasteiger partial charge in [-0.1, -0.05) is 40.5 Å². The van der Waals surface area contributed by atoms with Crippen LogP contribution in [0.1, 0.15) is 74.1 Å². The van der Waals surface area contributed by atoms with Crippen molar-refractivity contribution in [2.45, 2.75) is 85.8 Å². The predicted octanol–water partition coefficient (Wildman–Crippen LogP) is 4.30. The summed E-state index contributed by atoms with van der Waals surface area (Å²) in [6.07, 6.45) is 2.75. The maximum absolute atomic E-state index is 12.3. The summed E-state index contributed by atoms with van der Waals surface area (Å²) in [5, 5.41) is 2.65. The molecular formula is C18H35NO4. The lowest BCUT2D eigenvalue weighted by atomic mass is 10.0. The smallest absolute Gasteiger partial charge is 0.408 e. The SMILES string of the molecule is CCC(CC)COC(=O)[C@H](CCC(C)C)NC(=O)OC(C)(C)C. The maximum Gasteiger partial charge on any atom is 0.408 e. The highest BCUT2D eigenvalue weighted by atomic mass is 16.6. The van der Waals surface area contributed by atoms with Crippen molar-refractivity contribution >= 4 is 12.1 Å². The van der Waals surface area contributed by atoms with Crippen LogP contribution in [0.4, 0.5) is 4.79 Å². The van der Waals surface area contributed by atoms with Crippen LogP contribution in [0.3, 0.4) is 0 Å². The fourth-order valence-electron chi connectivity index (χ4n) is 2.02. The van der Waals surface area contributed by atoms with E-state index in [4.69, 9.17) is 9.47 Å². The number of nitrogens with one attached hydrogen (secondary N) is 1. The van der Waals surface area contributed by atoms with Crippen LogP contribution in [0.25, 0.3) is 0 Å². The largest absolute Gasteiger partial charge is 0.464 e. The lowest BCUT2D eigenvalue weighted by Crippen LogP contribution is -2.44. The zero-order chi connectivity index (χ0) is 18.0. The van der Waals surface area contributed by atoms with Crippen LogP contribution in [-0.4, -0.2) is 30.3 Å². The summed E-state index contributed by atoms with van der Waals surface area (Å²) in [5.41, 5.74) is -0.591. The molecule has 0 bridgehead atoms. The topological polar surface area (TPSA) is 64.6 Å². The Balaban J connectivity index is 4.65. The lowest BCUT2D eigenvalue weighted by molar-refractivity contribution is -0.147. The van der Waals surface area contributed by atoms with Crippen molar-refractivity contribution in [3.8, 4) is 0 Å². The number of carbonyl (C=O) groups is 2. The summed E-state index contributed by atoms with van der Waals surface area (Å²) in [4.78, 5) is 24.2. The maximum atomic E-state index is 12.3. The van der Waals surface area contributed by atoms with Gasteiger partial charge < -0.3 is 14.8 Å². The van der Waals surface area contributed by atoms with Gasteiger partial charge >= 0.3 is 12.1 Å². The molecule has 0 fully saturated rings. The first-order valence-electron chi connectivity index (χ1n) is 8.75. The third kappa shape index (κ3) is 11.0. The van der Waals surface area contributed by atoms with Crippen LogP contribution in [0.2, 0.25) is 0 Å². The normalized spacial score (nSPS) is 13.1. The van der Waals surface area contributed by atoms with Gasteiger partial charge in [0.2, 0.25) is 0 Å². The molecule has 0 aromatic carbocycles. The Morgan fingerprint density at radius 2 is 1.61 bits per heavy atom. The number of rotatable bonds is 9. The molecule has 0 aromatic heterocycles. The van der Waals surface area contributed by atoms with E-state index in [1.54, 1.807) is 20.8 Å². The summed E-state index contributed by atoms with van der Waals surface area (Å²) in [5.74, 6) is 0.444. The van der Waals surface area contributed by atoms with Crippen molar-refractivity contribution in [2.75, 3.05) is 6.61 Å². The van der Waals surface area contributed by atoms with E-state index in [1.165, 1.54) is 0 Å². The highest BCUT2D eigenvalue weighted by Crippen LogP contribution is 2.13. The van der Waals surface area contributed by atoms with E-state index in [2.05, 4.69) is 33.0 Å². The summed E-state index contributed by atoms with van der Waals surface area (Å²) < 4.78 is 10.6. The molecule has 0 saturated heterocycles. The molecule has 0 aliphatic carbocycles. The fraction of sp³-hybridized carbons (Fsp3) is 0.889. The second-order valence-electron chi connectivity index (χ2n) is 7.48. The van der Waals surface area contributed by atoms with Crippen molar-refractivity contribution < 1.29 is 19.1 Å². The van der Waals surface area contributed by atoms with E-state index < -0.39 is 17.7 Å². The molecule has 0 heterocycles. The molecule has 0 aromatic rings. The Bertz CT molecular complexity index is 357.